The second kappa shape index (κ2) is 6.87. The SMILES string of the molecule is O=C1COc2ccc(C(=O)NCCCc3nc4ccccc4[nH]3)cc2N1. The Morgan fingerprint density at radius 1 is 1.23 bits per heavy atom. The van der Waals surface area contributed by atoms with E-state index in [4.69, 9.17) is 4.74 Å². The molecular weight excluding hydrogens is 332 g/mol. The molecule has 1 aliphatic heterocycles. The van der Waals surface area contributed by atoms with Crippen molar-refractivity contribution in [3.8, 4) is 5.75 Å². The number of benzene rings is 2. The summed E-state index contributed by atoms with van der Waals surface area (Å²) < 4.78 is 5.29. The predicted molar refractivity (Wildman–Crippen MR) is 97.3 cm³/mol. The van der Waals surface area contributed by atoms with E-state index >= 15 is 0 Å². The number of imidazole rings is 1. The highest BCUT2D eigenvalue weighted by Gasteiger charge is 2.17. The smallest absolute Gasteiger partial charge is 0.262 e. The number of aromatic amines is 1. The van der Waals surface area contributed by atoms with Crippen LogP contribution < -0.4 is 15.4 Å². The number of H-pyrrole nitrogens is 1. The van der Waals surface area contributed by atoms with Crippen molar-refractivity contribution in [3.05, 3.63) is 53.9 Å². The number of rotatable bonds is 5. The maximum Gasteiger partial charge on any atom is 0.262 e. The molecule has 26 heavy (non-hydrogen) atoms. The number of carbonyl (C=O) groups is 2. The number of amides is 2. The Morgan fingerprint density at radius 2 is 2.12 bits per heavy atom. The number of ether oxygens (including phenoxy) is 1. The molecule has 0 saturated heterocycles. The van der Waals surface area contributed by atoms with Crippen molar-refractivity contribution < 1.29 is 14.3 Å². The molecule has 1 aromatic heterocycles. The van der Waals surface area contributed by atoms with Gasteiger partial charge in [0.1, 0.15) is 11.6 Å². The quantitative estimate of drug-likeness (QED) is 0.615. The summed E-state index contributed by atoms with van der Waals surface area (Å²) in [5.74, 6) is 1.08. The molecule has 3 N–H and O–H groups in total. The molecule has 4 rings (SSSR count). The largest absolute Gasteiger partial charge is 0.482 e. The average Bonchev–Trinajstić information content (AvgIpc) is 3.07. The van der Waals surface area contributed by atoms with Gasteiger partial charge in [-0.1, -0.05) is 12.1 Å². The number of fused-ring (bicyclic) bond motifs is 2. The van der Waals surface area contributed by atoms with Crippen LogP contribution in [0.3, 0.4) is 0 Å². The van der Waals surface area contributed by atoms with Gasteiger partial charge in [-0.3, -0.25) is 9.59 Å². The summed E-state index contributed by atoms with van der Waals surface area (Å²) in [5.41, 5.74) is 2.98. The lowest BCUT2D eigenvalue weighted by Crippen LogP contribution is -2.27. The molecule has 0 atom stereocenters. The first kappa shape index (κ1) is 16.1. The van der Waals surface area contributed by atoms with Crippen molar-refractivity contribution in [2.75, 3.05) is 18.5 Å². The van der Waals surface area contributed by atoms with Crippen LogP contribution in [0.5, 0.6) is 5.75 Å². The van der Waals surface area contributed by atoms with Gasteiger partial charge in [0.05, 0.1) is 16.7 Å². The number of carbonyl (C=O) groups excluding carboxylic acids is 2. The Hall–Kier alpha value is -3.35. The molecule has 3 aromatic rings. The number of para-hydroxylation sites is 2. The van der Waals surface area contributed by atoms with E-state index in [0.717, 1.165) is 29.7 Å². The van der Waals surface area contributed by atoms with Crippen LogP contribution >= 0.6 is 0 Å². The molecule has 132 valence electrons. The Labute approximate surface area is 149 Å². The van der Waals surface area contributed by atoms with Crippen LogP contribution in [0.1, 0.15) is 22.6 Å². The molecule has 1 aliphatic rings. The Kier molecular flexibility index (Phi) is 4.27. The summed E-state index contributed by atoms with van der Waals surface area (Å²) in [6.07, 6.45) is 1.53. The Bertz CT molecular complexity index is 947. The second-order valence-electron chi connectivity index (χ2n) is 6.11. The summed E-state index contributed by atoms with van der Waals surface area (Å²) in [6.45, 7) is 0.538. The van der Waals surface area contributed by atoms with Crippen LogP contribution in [0.15, 0.2) is 42.5 Å². The van der Waals surface area contributed by atoms with E-state index < -0.39 is 0 Å². The minimum atomic E-state index is -0.221. The number of nitrogens with zero attached hydrogens (tertiary/aromatic N) is 1. The molecule has 2 aromatic carbocycles. The van der Waals surface area contributed by atoms with Crippen LogP contribution in [-0.4, -0.2) is 34.9 Å². The zero-order chi connectivity index (χ0) is 17.9. The maximum absolute atomic E-state index is 12.3. The van der Waals surface area contributed by atoms with E-state index in [1.807, 2.05) is 24.3 Å². The van der Waals surface area contributed by atoms with Crippen LogP contribution in [0.4, 0.5) is 5.69 Å². The molecule has 2 amide bonds. The van der Waals surface area contributed by atoms with Gasteiger partial charge in [0.25, 0.3) is 11.8 Å². The van der Waals surface area contributed by atoms with Gasteiger partial charge in [0, 0.05) is 18.5 Å². The number of aryl methyl sites for hydroxylation is 1. The number of hydrogen-bond donors (Lipinski definition) is 3. The molecule has 0 fully saturated rings. The molecule has 0 bridgehead atoms. The minimum Gasteiger partial charge on any atom is -0.482 e. The van der Waals surface area contributed by atoms with Crippen molar-refractivity contribution in [1.29, 1.82) is 0 Å². The molecule has 7 nitrogen and oxygen atoms in total. The van der Waals surface area contributed by atoms with Crippen molar-refractivity contribution in [3.63, 3.8) is 0 Å². The first-order chi connectivity index (χ1) is 12.7. The van der Waals surface area contributed by atoms with Crippen molar-refractivity contribution in [1.82, 2.24) is 15.3 Å². The average molecular weight is 350 g/mol. The van der Waals surface area contributed by atoms with Crippen molar-refractivity contribution in [2.24, 2.45) is 0 Å². The van der Waals surface area contributed by atoms with Gasteiger partial charge < -0.3 is 20.4 Å². The Balaban J connectivity index is 1.31. The zero-order valence-electron chi connectivity index (χ0n) is 14.0. The lowest BCUT2D eigenvalue weighted by Gasteiger charge is -2.18. The van der Waals surface area contributed by atoms with Crippen LogP contribution in [-0.2, 0) is 11.2 Å². The summed E-state index contributed by atoms with van der Waals surface area (Å²) in [7, 11) is 0. The highest BCUT2D eigenvalue weighted by molar-refractivity contribution is 5.99. The molecule has 0 spiro atoms. The van der Waals surface area contributed by atoms with E-state index in [0.29, 0.717) is 23.5 Å². The predicted octanol–water partition coefficient (Wildman–Crippen LogP) is 2.26. The van der Waals surface area contributed by atoms with Gasteiger partial charge in [-0.2, -0.15) is 0 Å². The van der Waals surface area contributed by atoms with Gasteiger partial charge in [0.2, 0.25) is 0 Å². The van der Waals surface area contributed by atoms with E-state index in [2.05, 4.69) is 20.6 Å². The van der Waals surface area contributed by atoms with E-state index in [9.17, 15) is 9.59 Å². The van der Waals surface area contributed by atoms with Crippen LogP contribution in [0.2, 0.25) is 0 Å². The first-order valence-corrected chi connectivity index (χ1v) is 8.47. The van der Waals surface area contributed by atoms with Crippen molar-refractivity contribution >= 4 is 28.5 Å². The molecule has 0 aliphatic carbocycles. The van der Waals surface area contributed by atoms with Crippen LogP contribution in [0, 0.1) is 0 Å². The first-order valence-electron chi connectivity index (χ1n) is 8.47. The molecule has 7 heteroatoms. The van der Waals surface area contributed by atoms with Crippen LogP contribution in [0.25, 0.3) is 11.0 Å². The second-order valence-corrected chi connectivity index (χ2v) is 6.11. The van der Waals surface area contributed by atoms with E-state index in [1.165, 1.54) is 0 Å². The topological polar surface area (TPSA) is 96.1 Å². The zero-order valence-corrected chi connectivity index (χ0v) is 14.0. The lowest BCUT2D eigenvalue weighted by atomic mass is 10.1. The standard InChI is InChI=1S/C19H18N4O3/c24-18-11-26-16-8-7-12(10-15(16)23-18)19(25)20-9-3-6-17-21-13-4-1-2-5-14(13)22-17/h1-2,4-5,7-8,10H,3,6,9,11H2,(H,20,25)(H,21,22)(H,23,24). The van der Waals surface area contributed by atoms with E-state index in [-0.39, 0.29) is 18.4 Å². The third-order valence-electron chi connectivity index (χ3n) is 4.19. The fourth-order valence-corrected chi connectivity index (χ4v) is 2.91. The molecular formula is C19H18N4O3. The summed E-state index contributed by atoms with van der Waals surface area (Å²) in [5, 5.41) is 5.59. The fourth-order valence-electron chi connectivity index (χ4n) is 2.91. The fraction of sp³-hybridized carbons (Fsp3) is 0.211. The summed E-state index contributed by atoms with van der Waals surface area (Å²) in [4.78, 5) is 31.4. The van der Waals surface area contributed by atoms with Crippen molar-refractivity contribution in [2.45, 2.75) is 12.8 Å². The molecule has 0 saturated carbocycles. The minimum absolute atomic E-state index is 0.000331. The molecule has 0 unspecified atom stereocenters. The third kappa shape index (κ3) is 3.37. The number of anilines is 1. The van der Waals surface area contributed by atoms with Gasteiger partial charge in [-0.15, -0.1) is 0 Å². The molecule has 2 heterocycles. The summed E-state index contributed by atoms with van der Waals surface area (Å²) in [6, 6.07) is 12.9. The number of hydrogen-bond acceptors (Lipinski definition) is 4. The van der Waals surface area contributed by atoms with Gasteiger partial charge >= 0.3 is 0 Å². The lowest BCUT2D eigenvalue weighted by molar-refractivity contribution is -0.118. The monoisotopic (exact) mass is 350 g/mol. The molecule has 0 radical (unpaired) electrons. The Morgan fingerprint density at radius 3 is 3.00 bits per heavy atom. The highest BCUT2D eigenvalue weighted by atomic mass is 16.5. The number of nitrogens with one attached hydrogen (secondary N) is 3. The normalized spacial score (nSPS) is 13.0. The third-order valence-corrected chi connectivity index (χ3v) is 4.19. The number of aromatic nitrogens is 2. The highest BCUT2D eigenvalue weighted by Crippen LogP contribution is 2.28. The van der Waals surface area contributed by atoms with Gasteiger partial charge in [-0.05, 0) is 36.8 Å². The maximum atomic E-state index is 12.3. The van der Waals surface area contributed by atoms with Gasteiger partial charge in [-0.25, -0.2) is 4.98 Å². The van der Waals surface area contributed by atoms with E-state index in [1.54, 1.807) is 18.2 Å². The van der Waals surface area contributed by atoms with Gasteiger partial charge in [0.15, 0.2) is 6.61 Å². The summed E-state index contributed by atoms with van der Waals surface area (Å²) >= 11 is 0.